The molecule has 18 heteroatoms. The Hall–Kier alpha value is -4.16. The normalized spacial score (nSPS) is 16.5. The van der Waals surface area contributed by atoms with Crippen molar-refractivity contribution >= 4 is 81.4 Å². The number of benzene rings is 2. The summed E-state index contributed by atoms with van der Waals surface area (Å²) in [5.74, 6) is 2.01. The van der Waals surface area contributed by atoms with E-state index in [2.05, 4.69) is 60.6 Å². The first-order valence-corrected chi connectivity index (χ1v) is 24.0. The van der Waals surface area contributed by atoms with Gasteiger partial charge in [-0.15, -0.1) is 18.4 Å². The third-order valence-corrected chi connectivity index (χ3v) is 12.1. The number of carbonyl (C=O) groups is 1. The standard InChI is InChI=1S/C23H25N3O2.C22H27N3O.C3Cl6O3/c1-2-12-26-13-9-19(10-14-26)28-22-15-18(8-11-25-22)21-7-6-17-4-3-5-20(17)23(21)27-16-24;1-2-12-25-13-9-18(10-14-25)26-21-15-17(8-11-24-21)20-7-6-16-4-3-5-19(16)22(20)23;4-2(5,6)11-1(10)12-3(7,8)9/h2,6-8,11,15,19H,1,3-5,9-10,12-14H2;2,6-8,11,15,18H,1,3-5,9-10,12-14,23H2;. The highest BCUT2D eigenvalue weighted by Crippen LogP contribution is 2.41. The average Bonchev–Trinajstić information content (AvgIpc) is 3.96. The number of aryl methyl sites for hydroxylation is 2. The van der Waals surface area contributed by atoms with E-state index in [1.54, 1.807) is 6.20 Å². The van der Waals surface area contributed by atoms with Gasteiger partial charge in [-0.25, -0.2) is 14.8 Å². The zero-order valence-electron chi connectivity index (χ0n) is 36.3. The van der Waals surface area contributed by atoms with Gasteiger partial charge in [-0.2, -0.15) is 0 Å². The lowest BCUT2D eigenvalue weighted by molar-refractivity contribution is 0.0508. The van der Waals surface area contributed by atoms with Gasteiger partial charge in [-0.1, -0.05) is 36.4 Å². The van der Waals surface area contributed by atoms with Crippen LogP contribution in [0.15, 0.2) is 86.2 Å². The second-order valence-corrected chi connectivity index (χ2v) is 20.4. The second kappa shape index (κ2) is 24.2. The van der Waals surface area contributed by atoms with Crippen LogP contribution in [0.2, 0.25) is 0 Å². The number of piperidine rings is 2. The van der Waals surface area contributed by atoms with Crippen molar-refractivity contribution in [3.63, 3.8) is 0 Å². The van der Waals surface area contributed by atoms with Crippen molar-refractivity contribution < 1.29 is 28.5 Å². The Labute approximate surface area is 416 Å². The SMILES string of the molecule is C=CCN1CCC(Oc2cc(-c3ccc4c(c3N)CCC4)ccn2)CC1.C=CCN1CCC(Oc2cc(-c3ccc4c(c3OC#N)CCC4)ccn2)CC1.O=C(OC(Cl)(Cl)Cl)OC(Cl)(Cl)Cl. The fourth-order valence-corrected chi connectivity index (χ4v) is 8.97. The minimum absolute atomic E-state index is 0.179. The van der Waals surface area contributed by atoms with Crippen LogP contribution in [0.4, 0.5) is 10.5 Å². The molecule has 2 aromatic carbocycles. The molecule has 0 atom stereocenters. The molecule has 0 saturated carbocycles. The molecule has 2 saturated heterocycles. The predicted octanol–water partition coefficient (Wildman–Crippen LogP) is 11.8. The molecule has 4 heterocycles. The van der Waals surface area contributed by atoms with Crippen LogP contribution in [0.5, 0.6) is 17.5 Å². The van der Waals surface area contributed by atoms with Crippen molar-refractivity contribution in [3.05, 3.63) is 108 Å². The van der Waals surface area contributed by atoms with E-state index in [1.165, 1.54) is 23.1 Å². The highest BCUT2D eigenvalue weighted by Gasteiger charge is 2.32. The van der Waals surface area contributed by atoms with Gasteiger partial charge >= 0.3 is 14.1 Å². The van der Waals surface area contributed by atoms with Crippen molar-refractivity contribution in [2.24, 2.45) is 0 Å². The van der Waals surface area contributed by atoms with Crippen molar-refractivity contribution in [3.8, 4) is 46.0 Å². The Kier molecular flexibility index (Phi) is 18.8. The maximum atomic E-state index is 10.5. The van der Waals surface area contributed by atoms with Crippen molar-refractivity contribution in [1.82, 2.24) is 19.8 Å². The number of carbonyl (C=O) groups excluding carboxylic acids is 1. The molecule has 0 spiro atoms. The Morgan fingerprint density at radius 3 is 1.64 bits per heavy atom. The molecule has 66 heavy (non-hydrogen) atoms. The molecular weight excluding hydrogens is 969 g/mol. The minimum atomic E-state index is -2.24. The van der Waals surface area contributed by atoms with Crippen LogP contribution in [-0.4, -0.2) is 85.4 Å². The minimum Gasteiger partial charge on any atom is -0.474 e. The molecule has 2 aliphatic carbocycles. The second-order valence-electron chi connectivity index (χ2n) is 16.1. The van der Waals surface area contributed by atoms with E-state index < -0.39 is 14.1 Å². The number of nitrogens with zero attached hydrogens (tertiary/aromatic N) is 5. The summed E-state index contributed by atoms with van der Waals surface area (Å²) in [7, 11) is 0. The average molecular weight is 1020 g/mol. The molecule has 0 amide bonds. The topological polar surface area (TPSA) is 145 Å². The number of rotatable bonds is 11. The number of nitriles is 1. The summed E-state index contributed by atoms with van der Waals surface area (Å²) >= 11 is 30.2. The van der Waals surface area contributed by atoms with E-state index >= 15 is 0 Å². The summed E-state index contributed by atoms with van der Waals surface area (Å²) < 4.78 is 21.2. The Morgan fingerprint density at radius 2 is 1.17 bits per heavy atom. The number of alkyl halides is 6. The molecule has 2 aromatic heterocycles. The van der Waals surface area contributed by atoms with E-state index in [0.717, 1.165) is 131 Å². The molecule has 4 aliphatic rings. The molecule has 2 aliphatic heterocycles. The van der Waals surface area contributed by atoms with Crippen LogP contribution < -0.4 is 19.9 Å². The van der Waals surface area contributed by atoms with Gasteiger partial charge in [0.2, 0.25) is 11.8 Å². The van der Waals surface area contributed by atoms with Gasteiger partial charge in [0.05, 0.1) is 0 Å². The number of ether oxygens (including phenoxy) is 5. The maximum absolute atomic E-state index is 10.5. The number of likely N-dealkylation sites (tertiary alicyclic amines) is 2. The smallest absolute Gasteiger partial charge is 0.474 e. The molecule has 352 valence electrons. The van der Waals surface area contributed by atoms with Gasteiger partial charge in [0.15, 0.2) is 5.75 Å². The third-order valence-electron chi connectivity index (χ3n) is 11.6. The van der Waals surface area contributed by atoms with E-state index in [1.807, 2.05) is 54.9 Å². The highest BCUT2D eigenvalue weighted by atomic mass is 35.6. The number of hydrogen-bond donors (Lipinski definition) is 1. The summed E-state index contributed by atoms with van der Waals surface area (Å²) in [5.41, 5.74) is 16.7. The lowest BCUT2D eigenvalue weighted by Crippen LogP contribution is -2.38. The number of fused-ring (bicyclic) bond motifs is 2. The first-order valence-electron chi connectivity index (χ1n) is 21.7. The van der Waals surface area contributed by atoms with Crippen LogP contribution in [0.25, 0.3) is 22.3 Å². The number of anilines is 1. The monoisotopic (exact) mass is 1020 g/mol. The predicted molar refractivity (Wildman–Crippen MR) is 263 cm³/mol. The van der Waals surface area contributed by atoms with E-state index in [0.29, 0.717) is 17.5 Å². The molecule has 0 radical (unpaired) electrons. The number of nitrogen functional groups attached to an aromatic ring is 1. The van der Waals surface area contributed by atoms with Gasteiger partial charge in [-0.05, 0) is 179 Å². The summed E-state index contributed by atoms with van der Waals surface area (Å²) in [6.45, 7) is 13.6. The molecule has 2 fully saturated rings. The van der Waals surface area contributed by atoms with Gasteiger partial charge < -0.3 is 29.4 Å². The van der Waals surface area contributed by atoms with Crippen molar-refractivity contribution in [1.29, 1.82) is 5.26 Å². The first-order chi connectivity index (χ1) is 31.6. The van der Waals surface area contributed by atoms with Gasteiger partial charge in [-0.3, -0.25) is 9.80 Å². The number of nitrogens with two attached hydrogens (primary N) is 1. The van der Waals surface area contributed by atoms with Crippen LogP contribution in [0.1, 0.15) is 60.8 Å². The van der Waals surface area contributed by atoms with Crippen LogP contribution in [-0.2, 0) is 35.2 Å². The summed E-state index contributed by atoms with van der Waals surface area (Å²) in [5, 5.41) is 9.13. The molecule has 0 bridgehead atoms. The zero-order chi connectivity index (χ0) is 47.3. The van der Waals surface area contributed by atoms with Gasteiger partial charge in [0.25, 0.3) is 6.26 Å². The Bertz CT molecular complexity index is 2320. The fourth-order valence-electron chi connectivity index (χ4n) is 8.59. The number of halogens is 6. The zero-order valence-corrected chi connectivity index (χ0v) is 40.9. The van der Waals surface area contributed by atoms with E-state index in [9.17, 15) is 4.79 Å². The van der Waals surface area contributed by atoms with Gasteiger partial charge in [0.1, 0.15) is 12.2 Å². The van der Waals surface area contributed by atoms with Crippen LogP contribution >= 0.6 is 69.6 Å². The lowest BCUT2D eigenvalue weighted by atomic mass is 9.98. The van der Waals surface area contributed by atoms with Crippen LogP contribution in [0.3, 0.4) is 0 Å². The summed E-state index contributed by atoms with van der Waals surface area (Å²) in [6.07, 6.45) is 19.0. The molecule has 2 N–H and O–H groups in total. The van der Waals surface area contributed by atoms with Crippen molar-refractivity contribution in [2.75, 3.05) is 45.0 Å². The molecule has 0 unspecified atom stereocenters. The number of hydrogen-bond acceptors (Lipinski definition) is 12. The Morgan fingerprint density at radius 1 is 0.712 bits per heavy atom. The maximum Gasteiger partial charge on any atom is 0.515 e. The molecule has 12 nitrogen and oxygen atoms in total. The first kappa shape index (κ1) is 51.2. The number of pyridine rings is 2. The lowest BCUT2D eigenvalue weighted by Gasteiger charge is -2.31. The molecule has 4 aromatic rings. The fraction of sp³-hybridized carbons (Fsp3) is 0.417. The number of aromatic nitrogens is 2. The third kappa shape index (κ3) is 15.2. The quantitative estimate of drug-likeness (QED) is 0.0502. The Balaban J connectivity index is 0.000000177. The van der Waals surface area contributed by atoms with Gasteiger partial charge in [0, 0.05) is 80.6 Å². The molecular formula is C48H52Cl6N6O6. The van der Waals surface area contributed by atoms with Crippen LogP contribution in [0, 0.1) is 11.5 Å². The molecule has 8 rings (SSSR count). The summed E-state index contributed by atoms with van der Waals surface area (Å²) in [4.78, 5) is 24.1. The van der Waals surface area contributed by atoms with E-state index in [-0.39, 0.29) is 12.2 Å². The van der Waals surface area contributed by atoms with E-state index in [4.69, 9.17) is 94.8 Å². The largest absolute Gasteiger partial charge is 0.515 e. The van der Waals surface area contributed by atoms with Crippen molar-refractivity contribution in [2.45, 2.75) is 84.4 Å². The summed E-state index contributed by atoms with van der Waals surface area (Å²) in [6, 6.07) is 16.5. The highest BCUT2D eigenvalue weighted by molar-refractivity contribution is 6.67.